The summed E-state index contributed by atoms with van der Waals surface area (Å²) in [5.74, 6) is 0.680. The molecule has 132 valence electrons. The van der Waals surface area contributed by atoms with Crippen molar-refractivity contribution in [2.75, 3.05) is 5.32 Å². The molecule has 0 spiro atoms. The Bertz CT molecular complexity index is 901. The molecule has 2 N–H and O–H groups in total. The third kappa shape index (κ3) is 3.95. The second kappa shape index (κ2) is 7.54. The summed E-state index contributed by atoms with van der Waals surface area (Å²) in [6, 6.07) is 10.0. The summed E-state index contributed by atoms with van der Waals surface area (Å²) in [5.41, 5.74) is 3.75. The quantitative estimate of drug-likeness (QED) is 0.519. The van der Waals surface area contributed by atoms with Crippen molar-refractivity contribution in [2.24, 2.45) is 7.05 Å². The van der Waals surface area contributed by atoms with Crippen molar-refractivity contribution in [3.05, 3.63) is 50.4 Å². The number of nitrogens with zero attached hydrogens (tertiary/aromatic N) is 2. The van der Waals surface area contributed by atoms with Gasteiger partial charge in [0, 0.05) is 24.1 Å². The molecule has 25 heavy (non-hydrogen) atoms. The molecule has 4 nitrogen and oxygen atoms in total. The fourth-order valence-electron chi connectivity index (χ4n) is 2.62. The number of hydrogen-bond donors (Lipinski definition) is 2. The van der Waals surface area contributed by atoms with Crippen LogP contribution in [0, 0.1) is 0 Å². The molecular formula is C18H19BrCl2N4. The maximum absolute atomic E-state index is 6.26. The molecule has 0 saturated heterocycles. The van der Waals surface area contributed by atoms with Crippen LogP contribution in [0.3, 0.4) is 0 Å². The molecular weight excluding hydrogens is 423 g/mol. The van der Waals surface area contributed by atoms with Crippen LogP contribution >= 0.6 is 39.1 Å². The zero-order valence-electron chi connectivity index (χ0n) is 14.2. The monoisotopic (exact) mass is 440 g/mol. The molecule has 0 bridgehead atoms. The van der Waals surface area contributed by atoms with Crippen LogP contribution in [0.25, 0.3) is 11.0 Å². The fourth-order valence-corrected chi connectivity index (χ4v) is 3.87. The van der Waals surface area contributed by atoms with Gasteiger partial charge in [-0.3, -0.25) is 0 Å². The van der Waals surface area contributed by atoms with Gasteiger partial charge in [0.1, 0.15) is 0 Å². The summed E-state index contributed by atoms with van der Waals surface area (Å²) in [6.45, 7) is 5.05. The van der Waals surface area contributed by atoms with E-state index in [-0.39, 0.29) is 0 Å². The highest BCUT2D eigenvalue weighted by Crippen LogP contribution is 2.34. The fraction of sp³-hybridized carbons (Fsp3) is 0.278. The Labute approximate surface area is 165 Å². The van der Waals surface area contributed by atoms with Gasteiger partial charge in [-0.1, -0.05) is 43.1 Å². The number of aromatic nitrogens is 2. The molecule has 3 aromatic rings. The Kier molecular flexibility index (Phi) is 5.58. The first-order chi connectivity index (χ1) is 11.9. The minimum atomic E-state index is 0.429. The number of rotatable bonds is 5. The van der Waals surface area contributed by atoms with Gasteiger partial charge >= 0.3 is 0 Å². The Morgan fingerprint density at radius 2 is 1.88 bits per heavy atom. The molecule has 3 rings (SSSR count). The van der Waals surface area contributed by atoms with E-state index < -0.39 is 0 Å². The van der Waals surface area contributed by atoms with Crippen molar-refractivity contribution in [1.29, 1.82) is 0 Å². The first-order valence-electron chi connectivity index (χ1n) is 7.96. The second-order valence-corrected chi connectivity index (χ2v) is 7.87. The predicted octanol–water partition coefficient (Wildman–Crippen LogP) is 5.88. The molecule has 0 unspecified atom stereocenters. The van der Waals surface area contributed by atoms with Crippen LogP contribution < -0.4 is 10.6 Å². The lowest BCUT2D eigenvalue weighted by atomic mass is 10.2. The molecule has 0 amide bonds. The smallest absolute Gasteiger partial charge is 0.208 e. The number of imidazole rings is 1. The third-order valence-electron chi connectivity index (χ3n) is 3.90. The largest absolute Gasteiger partial charge is 0.323 e. The average Bonchev–Trinajstić information content (AvgIpc) is 2.85. The Balaban J connectivity index is 2.00. The van der Waals surface area contributed by atoms with Gasteiger partial charge in [0.2, 0.25) is 5.95 Å². The molecule has 0 saturated carbocycles. The van der Waals surface area contributed by atoms with E-state index in [2.05, 4.69) is 52.5 Å². The Hall–Kier alpha value is -1.27. The summed E-state index contributed by atoms with van der Waals surface area (Å²) in [7, 11) is 1.96. The lowest BCUT2D eigenvalue weighted by molar-refractivity contribution is 0.589. The van der Waals surface area contributed by atoms with Gasteiger partial charge in [-0.05, 0) is 45.8 Å². The standard InChI is InChI=1S/C18H19BrCl2N4/c1-10(2)22-9-11-7-12(19)17-15(8-11)23-18(25(17)3)24-16-13(20)5-4-6-14(16)21/h4-8,10,22H,9H2,1-3H3,(H,23,24). The van der Waals surface area contributed by atoms with Gasteiger partial charge in [-0.15, -0.1) is 0 Å². The van der Waals surface area contributed by atoms with Crippen LogP contribution in [0.2, 0.25) is 10.0 Å². The number of para-hydroxylation sites is 1. The van der Waals surface area contributed by atoms with Crippen molar-refractivity contribution < 1.29 is 0 Å². The summed E-state index contributed by atoms with van der Waals surface area (Å²) in [5, 5.41) is 7.78. The molecule has 7 heteroatoms. The van der Waals surface area contributed by atoms with Crippen LogP contribution in [0.4, 0.5) is 11.6 Å². The maximum atomic E-state index is 6.26. The van der Waals surface area contributed by atoms with Crippen molar-refractivity contribution in [3.63, 3.8) is 0 Å². The van der Waals surface area contributed by atoms with Gasteiger partial charge in [0.15, 0.2) is 0 Å². The van der Waals surface area contributed by atoms with E-state index in [1.165, 1.54) is 5.56 Å². The number of aryl methyl sites for hydroxylation is 1. The topological polar surface area (TPSA) is 41.9 Å². The molecule has 1 aromatic heterocycles. The van der Waals surface area contributed by atoms with Crippen molar-refractivity contribution in [3.8, 4) is 0 Å². The van der Waals surface area contributed by atoms with Crippen molar-refractivity contribution in [2.45, 2.75) is 26.4 Å². The van der Waals surface area contributed by atoms with E-state index in [4.69, 9.17) is 28.2 Å². The normalized spacial score (nSPS) is 11.5. The number of hydrogen-bond acceptors (Lipinski definition) is 3. The highest BCUT2D eigenvalue weighted by atomic mass is 79.9. The van der Waals surface area contributed by atoms with E-state index in [9.17, 15) is 0 Å². The minimum Gasteiger partial charge on any atom is -0.323 e. The van der Waals surface area contributed by atoms with Gasteiger partial charge in [-0.2, -0.15) is 0 Å². The zero-order chi connectivity index (χ0) is 18.1. The lowest BCUT2D eigenvalue weighted by Gasteiger charge is -2.10. The van der Waals surface area contributed by atoms with Gasteiger partial charge in [0.05, 0.1) is 26.8 Å². The number of anilines is 2. The third-order valence-corrected chi connectivity index (χ3v) is 5.13. The van der Waals surface area contributed by atoms with E-state index >= 15 is 0 Å². The number of halogens is 3. The molecule has 0 radical (unpaired) electrons. The number of nitrogens with one attached hydrogen (secondary N) is 2. The Morgan fingerprint density at radius 1 is 1.20 bits per heavy atom. The molecule has 1 heterocycles. The van der Waals surface area contributed by atoms with Crippen LogP contribution in [0.15, 0.2) is 34.8 Å². The maximum Gasteiger partial charge on any atom is 0.208 e. The number of benzene rings is 2. The molecule has 0 aliphatic heterocycles. The highest BCUT2D eigenvalue weighted by Gasteiger charge is 2.14. The van der Waals surface area contributed by atoms with Gasteiger partial charge in [-0.25, -0.2) is 4.98 Å². The summed E-state index contributed by atoms with van der Waals surface area (Å²) in [4.78, 5) is 4.72. The Morgan fingerprint density at radius 3 is 2.52 bits per heavy atom. The van der Waals surface area contributed by atoms with Crippen LogP contribution in [-0.2, 0) is 13.6 Å². The first-order valence-corrected chi connectivity index (χ1v) is 9.51. The highest BCUT2D eigenvalue weighted by molar-refractivity contribution is 9.10. The summed E-state index contributed by atoms with van der Waals surface area (Å²) in [6.07, 6.45) is 0. The van der Waals surface area contributed by atoms with Gasteiger partial charge in [0.25, 0.3) is 0 Å². The molecule has 0 aliphatic carbocycles. The van der Waals surface area contributed by atoms with E-state index in [0.717, 1.165) is 22.1 Å². The summed E-state index contributed by atoms with van der Waals surface area (Å²) >= 11 is 16.2. The minimum absolute atomic E-state index is 0.429. The van der Waals surface area contributed by atoms with Crippen molar-refractivity contribution >= 4 is 61.8 Å². The lowest BCUT2D eigenvalue weighted by Crippen LogP contribution is -2.21. The first kappa shape index (κ1) is 18.5. The van der Waals surface area contributed by atoms with Gasteiger partial charge < -0.3 is 15.2 Å². The average molecular weight is 442 g/mol. The predicted molar refractivity (Wildman–Crippen MR) is 110 cm³/mol. The van der Waals surface area contributed by atoms with Crippen LogP contribution in [-0.4, -0.2) is 15.6 Å². The van der Waals surface area contributed by atoms with Crippen LogP contribution in [0.5, 0.6) is 0 Å². The summed E-state index contributed by atoms with van der Waals surface area (Å²) < 4.78 is 2.98. The SMILES string of the molecule is CC(C)NCc1cc(Br)c2c(c1)nc(Nc1c(Cl)cccc1Cl)n2C. The van der Waals surface area contributed by atoms with E-state index in [1.54, 1.807) is 12.1 Å². The van der Waals surface area contributed by atoms with Crippen molar-refractivity contribution in [1.82, 2.24) is 14.9 Å². The zero-order valence-corrected chi connectivity index (χ0v) is 17.3. The van der Waals surface area contributed by atoms with E-state index in [0.29, 0.717) is 27.7 Å². The molecule has 0 aliphatic rings. The van der Waals surface area contributed by atoms with Crippen LogP contribution in [0.1, 0.15) is 19.4 Å². The number of fused-ring (bicyclic) bond motifs is 1. The molecule has 0 atom stereocenters. The van der Waals surface area contributed by atoms with E-state index in [1.807, 2.05) is 17.7 Å². The molecule has 2 aromatic carbocycles. The molecule has 0 fully saturated rings. The second-order valence-electron chi connectivity index (χ2n) is 6.20.